The van der Waals surface area contributed by atoms with Gasteiger partial charge in [-0.3, -0.25) is 4.79 Å². The predicted molar refractivity (Wildman–Crippen MR) is 72.7 cm³/mol. The van der Waals surface area contributed by atoms with E-state index in [0.717, 1.165) is 11.3 Å². The van der Waals surface area contributed by atoms with E-state index in [1.807, 2.05) is 31.2 Å². The maximum Gasteiger partial charge on any atom is 0.202 e. The van der Waals surface area contributed by atoms with Crippen LogP contribution < -0.4 is 4.74 Å². The second kappa shape index (κ2) is 5.64. The van der Waals surface area contributed by atoms with E-state index in [4.69, 9.17) is 4.74 Å². The highest BCUT2D eigenvalue weighted by molar-refractivity contribution is 7.99. The number of thiol groups is 2. The molecule has 1 aromatic rings. The van der Waals surface area contributed by atoms with E-state index in [1.165, 1.54) is 0 Å². The molecule has 0 saturated heterocycles. The zero-order chi connectivity index (χ0) is 12.2. The zero-order valence-corrected chi connectivity index (χ0v) is 11.2. The summed E-state index contributed by atoms with van der Waals surface area (Å²) < 4.78 is 4.39. The van der Waals surface area contributed by atoms with Crippen molar-refractivity contribution in [2.24, 2.45) is 0 Å². The number of ether oxygens (including phenoxy) is 1. The molecule has 0 aliphatic heterocycles. The van der Waals surface area contributed by atoms with Gasteiger partial charge in [-0.2, -0.15) is 12.6 Å². The molecular formula is C12H16O2S2. The van der Waals surface area contributed by atoms with Crippen LogP contribution in [0.1, 0.15) is 18.9 Å². The van der Waals surface area contributed by atoms with Crippen molar-refractivity contribution in [2.45, 2.75) is 24.5 Å². The van der Waals surface area contributed by atoms with Crippen LogP contribution in [0.5, 0.6) is 5.75 Å². The minimum absolute atomic E-state index is 0.186. The number of hydrogen-bond acceptors (Lipinski definition) is 3. The molecule has 0 heterocycles. The summed E-state index contributed by atoms with van der Waals surface area (Å²) in [7, 11) is 1.63. The smallest absolute Gasteiger partial charge is 0.202 e. The highest BCUT2D eigenvalue weighted by Crippen LogP contribution is 2.27. The summed E-state index contributed by atoms with van der Waals surface area (Å²) in [5.74, 6) is 0.808. The van der Waals surface area contributed by atoms with Crippen molar-refractivity contribution in [3.05, 3.63) is 29.8 Å². The molecule has 0 radical (unpaired) electrons. The Morgan fingerprint density at radius 2 is 1.94 bits per heavy atom. The molecular weight excluding hydrogens is 240 g/mol. The second-order valence-electron chi connectivity index (χ2n) is 3.72. The largest absolute Gasteiger partial charge is 0.497 e. The quantitative estimate of drug-likeness (QED) is 0.792. The normalized spacial score (nSPS) is 14.2. The van der Waals surface area contributed by atoms with Crippen molar-refractivity contribution < 1.29 is 9.53 Å². The Kier molecular flexibility index (Phi) is 4.74. The van der Waals surface area contributed by atoms with Crippen molar-refractivity contribution in [1.29, 1.82) is 0 Å². The zero-order valence-electron chi connectivity index (χ0n) is 9.43. The van der Waals surface area contributed by atoms with Crippen LogP contribution in [-0.4, -0.2) is 17.0 Å². The number of rotatable bonds is 5. The van der Waals surface area contributed by atoms with Crippen molar-refractivity contribution in [3.8, 4) is 5.75 Å². The molecule has 0 aromatic heterocycles. The molecule has 88 valence electrons. The summed E-state index contributed by atoms with van der Waals surface area (Å²) in [5, 5.41) is -0.186. The second-order valence-corrected chi connectivity index (χ2v) is 4.98. The summed E-state index contributed by atoms with van der Waals surface area (Å²) in [5.41, 5.74) is 1.06. The van der Waals surface area contributed by atoms with Gasteiger partial charge in [-0.05, 0) is 30.5 Å². The van der Waals surface area contributed by atoms with Gasteiger partial charge in [0.15, 0.2) is 0 Å². The van der Waals surface area contributed by atoms with Crippen molar-refractivity contribution in [1.82, 2.24) is 0 Å². The van der Waals surface area contributed by atoms with Crippen LogP contribution in [0.3, 0.4) is 0 Å². The Bertz CT molecular complexity index is 362. The number of benzene rings is 1. The van der Waals surface area contributed by atoms with Crippen LogP contribution in [0.4, 0.5) is 0 Å². The van der Waals surface area contributed by atoms with Crippen LogP contribution in [-0.2, 0) is 11.2 Å². The number of hydrogen-bond donors (Lipinski definition) is 2. The lowest BCUT2D eigenvalue weighted by Crippen LogP contribution is -2.31. The van der Waals surface area contributed by atoms with Gasteiger partial charge in [0.1, 0.15) is 5.75 Å². The van der Waals surface area contributed by atoms with E-state index in [-0.39, 0.29) is 5.12 Å². The molecule has 1 aromatic carbocycles. The molecule has 0 aliphatic carbocycles. The summed E-state index contributed by atoms with van der Waals surface area (Å²) >= 11 is 8.30. The summed E-state index contributed by atoms with van der Waals surface area (Å²) in [6.07, 6.45) is 1.24. The maximum atomic E-state index is 11.4. The SMILES string of the molecule is CCC(S)(Cc1ccc(OC)cc1)C(=O)S. The molecule has 0 N–H and O–H groups in total. The highest BCUT2D eigenvalue weighted by Gasteiger charge is 2.30. The van der Waals surface area contributed by atoms with Crippen LogP contribution >= 0.6 is 25.3 Å². The third-order valence-electron chi connectivity index (χ3n) is 2.64. The standard InChI is InChI=1S/C12H16O2S2/c1-3-12(16,11(13)15)8-9-4-6-10(14-2)7-5-9/h4-7,16H,3,8H2,1-2H3,(H,13,15). The van der Waals surface area contributed by atoms with Crippen LogP contribution in [0.15, 0.2) is 24.3 Å². The third-order valence-corrected chi connectivity index (χ3v) is 3.92. The first-order chi connectivity index (χ1) is 7.51. The lowest BCUT2D eigenvalue weighted by Gasteiger charge is -2.23. The molecule has 1 unspecified atom stereocenters. The van der Waals surface area contributed by atoms with Crippen molar-refractivity contribution in [3.63, 3.8) is 0 Å². The van der Waals surface area contributed by atoms with E-state index >= 15 is 0 Å². The van der Waals surface area contributed by atoms with Gasteiger partial charge in [0, 0.05) is 0 Å². The number of methoxy groups -OCH3 is 1. The van der Waals surface area contributed by atoms with E-state index in [1.54, 1.807) is 7.11 Å². The Balaban J connectivity index is 2.82. The molecule has 0 aliphatic rings. The fourth-order valence-electron chi connectivity index (χ4n) is 1.43. The van der Waals surface area contributed by atoms with E-state index in [9.17, 15) is 4.79 Å². The molecule has 0 amide bonds. The Labute approximate surface area is 107 Å². The monoisotopic (exact) mass is 256 g/mol. The Morgan fingerprint density at radius 1 is 1.38 bits per heavy atom. The fraction of sp³-hybridized carbons (Fsp3) is 0.417. The van der Waals surface area contributed by atoms with Gasteiger partial charge in [-0.15, -0.1) is 12.6 Å². The van der Waals surface area contributed by atoms with Gasteiger partial charge < -0.3 is 4.74 Å². The van der Waals surface area contributed by atoms with E-state index < -0.39 is 4.75 Å². The van der Waals surface area contributed by atoms with Crippen LogP contribution in [0.2, 0.25) is 0 Å². The molecule has 1 atom stereocenters. The average Bonchev–Trinajstić information content (AvgIpc) is 2.29. The number of carbonyl (C=O) groups excluding carboxylic acids is 1. The minimum Gasteiger partial charge on any atom is -0.497 e. The molecule has 0 fully saturated rings. The van der Waals surface area contributed by atoms with Gasteiger partial charge in [0.2, 0.25) is 5.12 Å². The molecule has 16 heavy (non-hydrogen) atoms. The molecule has 1 rings (SSSR count). The fourth-order valence-corrected chi connectivity index (χ4v) is 1.85. The number of carbonyl (C=O) groups is 1. The minimum atomic E-state index is -0.683. The molecule has 0 bridgehead atoms. The third kappa shape index (κ3) is 3.19. The lowest BCUT2D eigenvalue weighted by molar-refractivity contribution is -0.112. The van der Waals surface area contributed by atoms with E-state index in [0.29, 0.717) is 12.8 Å². The van der Waals surface area contributed by atoms with Gasteiger partial charge in [-0.25, -0.2) is 0 Å². The van der Waals surface area contributed by atoms with E-state index in [2.05, 4.69) is 25.3 Å². The molecule has 0 spiro atoms. The van der Waals surface area contributed by atoms with Gasteiger partial charge in [0.05, 0.1) is 11.9 Å². The first-order valence-electron chi connectivity index (χ1n) is 5.10. The van der Waals surface area contributed by atoms with Gasteiger partial charge in [0.25, 0.3) is 0 Å². The summed E-state index contributed by atoms with van der Waals surface area (Å²) in [6.45, 7) is 1.94. The highest BCUT2D eigenvalue weighted by atomic mass is 32.1. The van der Waals surface area contributed by atoms with Crippen LogP contribution in [0, 0.1) is 0 Å². The average molecular weight is 256 g/mol. The lowest BCUT2D eigenvalue weighted by atomic mass is 9.97. The Hall–Kier alpha value is -0.610. The van der Waals surface area contributed by atoms with Crippen molar-refractivity contribution >= 4 is 30.4 Å². The molecule has 0 saturated carbocycles. The van der Waals surface area contributed by atoms with Crippen LogP contribution in [0.25, 0.3) is 0 Å². The Morgan fingerprint density at radius 3 is 2.31 bits per heavy atom. The summed E-state index contributed by atoms with van der Waals surface area (Å²) in [6, 6.07) is 7.64. The van der Waals surface area contributed by atoms with Gasteiger partial charge in [-0.1, -0.05) is 19.1 Å². The molecule has 4 heteroatoms. The summed E-state index contributed by atoms with van der Waals surface area (Å²) in [4.78, 5) is 11.4. The van der Waals surface area contributed by atoms with Gasteiger partial charge >= 0.3 is 0 Å². The maximum absolute atomic E-state index is 11.4. The first kappa shape index (κ1) is 13.5. The molecule has 2 nitrogen and oxygen atoms in total. The topological polar surface area (TPSA) is 26.3 Å². The predicted octanol–water partition coefficient (Wildman–Crippen LogP) is 2.77. The first-order valence-corrected chi connectivity index (χ1v) is 6.00. The van der Waals surface area contributed by atoms with Crippen molar-refractivity contribution in [2.75, 3.05) is 7.11 Å².